The number of ether oxygens (including phenoxy) is 2. The van der Waals surface area contributed by atoms with Crippen LogP contribution in [0, 0.1) is 0 Å². The molecule has 1 heterocycles. The smallest absolute Gasteiger partial charge is 0.231 e. The largest absolute Gasteiger partial charge is 0.454 e. The second kappa shape index (κ2) is 6.64. The zero-order valence-electron chi connectivity index (χ0n) is 12.4. The summed E-state index contributed by atoms with van der Waals surface area (Å²) >= 11 is 0. The maximum Gasteiger partial charge on any atom is 0.231 e. The summed E-state index contributed by atoms with van der Waals surface area (Å²) in [6.45, 7) is 4.38. The van der Waals surface area contributed by atoms with Crippen LogP contribution in [0.4, 0.5) is 0 Å². The van der Waals surface area contributed by atoms with E-state index >= 15 is 0 Å². The van der Waals surface area contributed by atoms with Gasteiger partial charge in [0, 0.05) is 6.54 Å². The zero-order chi connectivity index (χ0) is 14.5. The molecule has 1 aliphatic heterocycles. The van der Waals surface area contributed by atoms with Crippen molar-refractivity contribution in [1.29, 1.82) is 0 Å². The Labute approximate surface area is 125 Å². The summed E-state index contributed by atoms with van der Waals surface area (Å²) in [5, 5.41) is 3.48. The second-order valence-corrected chi connectivity index (χ2v) is 5.28. The van der Waals surface area contributed by atoms with Crippen molar-refractivity contribution in [3.63, 3.8) is 0 Å². The summed E-state index contributed by atoms with van der Waals surface area (Å²) in [4.78, 5) is 0. The van der Waals surface area contributed by atoms with Crippen molar-refractivity contribution in [2.24, 2.45) is 0 Å². The number of aryl methyl sites for hydroxylation is 1. The predicted molar refractivity (Wildman–Crippen MR) is 83.8 cm³/mol. The molecule has 2 aromatic rings. The number of nitrogens with one attached hydrogen (secondary N) is 1. The van der Waals surface area contributed by atoms with Gasteiger partial charge in [-0.1, -0.05) is 37.3 Å². The normalized spacial score (nSPS) is 12.6. The number of fused-ring (bicyclic) bond motifs is 1. The molecule has 2 aromatic carbocycles. The van der Waals surface area contributed by atoms with Crippen LogP contribution in [0.5, 0.6) is 11.5 Å². The van der Waals surface area contributed by atoms with Crippen LogP contribution in [-0.4, -0.2) is 13.3 Å². The third-order valence-electron chi connectivity index (χ3n) is 3.79. The first kappa shape index (κ1) is 14.0. The fourth-order valence-electron chi connectivity index (χ4n) is 2.45. The number of hydrogen-bond acceptors (Lipinski definition) is 3. The third kappa shape index (κ3) is 3.56. The first-order valence-electron chi connectivity index (χ1n) is 7.52. The SMILES string of the molecule is CCc1ccc(CNCCc2ccc3c(c2)OCO3)cc1. The van der Waals surface area contributed by atoms with Crippen LogP contribution in [0.25, 0.3) is 0 Å². The van der Waals surface area contributed by atoms with Gasteiger partial charge in [-0.3, -0.25) is 0 Å². The Kier molecular flexibility index (Phi) is 4.41. The minimum atomic E-state index is 0.338. The van der Waals surface area contributed by atoms with Crippen LogP contribution in [0.2, 0.25) is 0 Å². The molecule has 0 atom stereocenters. The van der Waals surface area contributed by atoms with Crippen LogP contribution in [0.3, 0.4) is 0 Å². The van der Waals surface area contributed by atoms with Gasteiger partial charge < -0.3 is 14.8 Å². The summed E-state index contributed by atoms with van der Waals surface area (Å²) in [6.07, 6.45) is 2.08. The Bertz CT molecular complexity index is 593. The van der Waals surface area contributed by atoms with Crippen LogP contribution < -0.4 is 14.8 Å². The lowest BCUT2D eigenvalue weighted by Crippen LogP contribution is -2.16. The Morgan fingerprint density at radius 3 is 2.43 bits per heavy atom. The molecular formula is C18H21NO2. The first-order chi connectivity index (χ1) is 10.3. The molecule has 3 nitrogen and oxygen atoms in total. The average molecular weight is 283 g/mol. The monoisotopic (exact) mass is 283 g/mol. The van der Waals surface area contributed by atoms with Gasteiger partial charge in [-0.2, -0.15) is 0 Å². The van der Waals surface area contributed by atoms with Gasteiger partial charge in [0.05, 0.1) is 0 Å². The fraction of sp³-hybridized carbons (Fsp3) is 0.333. The van der Waals surface area contributed by atoms with Crippen molar-refractivity contribution < 1.29 is 9.47 Å². The van der Waals surface area contributed by atoms with E-state index in [-0.39, 0.29) is 0 Å². The van der Waals surface area contributed by atoms with E-state index in [1.807, 2.05) is 6.07 Å². The van der Waals surface area contributed by atoms with Crippen LogP contribution >= 0.6 is 0 Å². The Morgan fingerprint density at radius 1 is 0.905 bits per heavy atom. The molecular weight excluding hydrogens is 262 g/mol. The number of rotatable bonds is 6. The predicted octanol–water partition coefficient (Wildman–Crippen LogP) is 3.31. The number of benzene rings is 2. The molecule has 0 saturated carbocycles. The average Bonchev–Trinajstić information content (AvgIpc) is 3.00. The molecule has 0 aromatic heterocycles. The van der Waals surface area contributed by atoms with Gasteiger partial charge in [-0.25, -0.2) is 0 Å². The lowest BCUT2D eigenvalue weighted by molar-refractivity contribution is 0.174. The van der Waals surface area contributed by atoms with Gasteiger partial charge in [0.25, 0.3) is 0 Å². The van der Waals surface area contributed by atoms with E-state index in [2.05, 4.69) is 48.6 Å². The minimum absolute atomic E-state index is 0.338. The lowest BCUT2D eigenvalue weighted by atomic mass is 10.1. The van der Waals surface area contributed by atoms with Gasteiger partial charge in [-0.05, 0) is 48.2 Å². The molecule has 0 aliphatic carbocycles. The Hall–Kier alpha value is -2.00. The molecule has 0 unspecified atom stereocenters. The summed E-state index contributed by atoms with van der Waals surface area (Å²) in [6, 6.07) is 15.0. The van der Waals surface area contributed by atoms with Crippen molar-refractivity contribution in [1.82, 2.24) is 5.32 Å². The van der Waals surface area contributed by atoms with E-state index in [4.69, 9.17) is 9.47 Å². The zero-order valence-corrected chi connectivity index (χ0v) is 12.4. The molecule has 21 heavy (non-hydrogen) atoms. The van der Waals surface area contributed by atoms with E-state index in [1.165, 1.54) is 16.7 Å². The fourth-order valence-corrected chi connectivity index (χ4v) is 2.45. The van der Waals surface area contributed by atoms with E-state index in [0.717, 1.165) is 37.4 Å². The summed E-state index contributed by atoms with van der Waals surface area (Å²) < 4.78 is 10.7. The highest BCUT2D eigenvalue weighted by Gasteiger charge is 2.12. The minimum Gasteiger partial charge on any atom is -0.454 e. The lowest BCUT2D eigenvalue weighted by Gasteiger charge is -2.07. The molecule has 1 N–H and O–H groups in total. The third-order valence-corrected chi connectivity index (χ3v) is 3.79. The molecule has 0 amide bonds. The molecule has 0 fully saturated rings. The first-order valence-corrected chi connectivity index (χ1v) is 7.52. The molecule has 110 valence electrons. The highest BCUT2D eigenvalue weighted by atomic mass is 16.7. The molecule has 1 aliphatic rings. The van der Waals surface area contributed by atoms with Gasteiger partial charge in [0.2, 0.25) is 6.79 Å². The highest BCUT2D eigenvalue weighted by molar-refractivity contribution is 5.44. The molecule has 3 rings (SSSR count). The van der Waals surface area contributed by atoms with E-state index in [9.17, 15) is 0 Å². The highest BCUT2D eigenvalue weighted by Crippen LogP contribution is 2.32. The summed E-state index contributed by atoms with van der Waals surface area (Å²) in [5.74, 6) is 1.71. The summed E-state index contributed by atoms with van der Waals surface area (Å²) in [7, 11) is 0. The van der Waals surface area contributed by atoms with Crippen molar-refractivity contribution in [2.45, 2.75) is 26.3 Å². The topological polar surface area (TPSA) is 30.5 Å². The van der Waals surface area contributed by atoms with Gasteiger partial charge in [0.1, 0.15) is 0 Å². The van der Waals surface area contributed by atoms with Crippen LogP contribution in [-0.2, 0) is 19.4 Å². The Balaban J connectivity index is 1.45. The summed E-state index contributed by atoms with van der Waals surface area (Å²) in [5.41, 5.74) is 3.99. The molecule has 0 radical (unpaired) electrons. The van der Waals surface area contributed by atoms with Crippen LogP contribution in [0.15, 0.2) is 42.5 Å². The Morgan fingerprint density at radius 2 is 1.62 bits per heavy atom. The van der Waals surface area contributed by atoms with Crippen molar-refractivity contribution in [2.75, 3.05) is 13.3 Å². The van der Waals surface area contributed by atoms with Gasteiger partial charge in [0.15, 0.2) is 11.5 Å². The molecule has 0 saturated heterocycles. The van der Waals surface area contributed by atoms with Crippen LogP contribution in [0.1, 0.15) is 23.6 Å². The van der Waals surface area contributed by atoms with E-state index < -0.39 is 0 Å². The van der Waals surface area contributed by atoms with Crippen molar-refractivity contribution >= 4 is 0 Å². The second-order valence-electron chi connectivity index (χ2n) is 5.28. The quantitative estimate of drug-likeness (QED) is 0.825. The standard InChI is InChI=1S/C18H21NO2/c1-2-14-3-5-16(6-4-14)12-19-10-9-15-7-8-17-18(11-15)21-13-20-17/h3-8,11,19H,2,9-10,12-13H2,1H3. The van der Waals surface area contributed by atoms with Gasteiger partial charge in [-0.15, -0.1) is 0 Å². The van der Waals surface area contributed by atoms with Crippen molar-refractivity contribution in [3.05, 3.63) is 59.2 Å². The molecule has 0 bridgehead atoms. The maximum absolute atomic E-state index is 5.39. The maximum atomic E-state index is 5.39. The number of hydrogen-bond donors (Lipinski definition) is 1. The molecule has 0 spiro atoms. The van der Waals surface area contributed by atoms with E-state index in [1.54, 1.807) is 0 Å². The van der Waals surface area contributed by atoms with Crippen molar-refractivity contribution in [3.8, 4) is 11.5 Å². The van der Waals surface area contributed by atoms with Gasteiger partial charge >= 0.3 is 0 Å². The molecule has 3 heteroatoms. The van der Waals surface area contributed by atoms with E-state index in [0.29, 0.717) is 6.79 Å².